The lowest BCUT2D eigenvalue weighted by atomic mass is 9.94. The molecule has 0 unspecified atom stereocenters. The van der Waals surface area contributed by atoms with Crippen LogP contribution in [0.3, 0.4) is 0 Å². The van der Waals surface area contributed by atoms with E-state index in [2.05, 4.69) is 21.1 Å². The van der Waals surface area contributed by atoms with Crippen LogP contribution in [0, 0.1) is 0 Å². The number of nitrogens with zero attached hydrogens (tertiary/aromatic N) is 1. The molecule has 0 saturated heterocycles. The Kier molecular flexibility index (Phi) is 9.75. The van der Waals surface area contributed by atoms with Gasteiger partial charge in [-0.05, 0) is 25.7 Å². The average molecular weight is 338 g/mol. The van der Waals surface area contributed by atoms with Gasteiger partial charge >= 0.3 is 20.8 Å². The van der Waals surface area contributed by atoms with Crippen LogP contribution in [0.4, 0.5) is 0 Å². The van der Waals surface area contributed by atoms with Crippen molar-refractivity contribution >= 4 is 20.8 Å². The first kappa shape index (κ1) is 22.0. The summed E-state index contributed by atoms with van der Waals surface area (Å²) in [5.74, 6) is 0. The van der Waals surface area contributed by atoms with E-state index in [1.165, 1.54) is 36.6 Å². The summed E-state index contributed by atoms with van der Waals surface area (Å²) in [5, 5.41) is 0. The normalized spacial score (nSPS) is 17.4. The largest absolute Gasteiger partial charge is 0.394 e. The van der Waals surface area contributed by atoms with E-state index in [9.17, 15) is 0 Å². The van der Waals surface area contributed by atoms with E-state index in [0.29, 0.717) is 0 Å². The van der Waals surface area contributed by atoms with Crippen LogP contribution in [0.15, 0.2) is 0 Å². The fourth-order valence-corrected chi connectivity index (χ4v) is 1.86. The van der Waals surface area contributed by atoms with Crippen LogP contribution < -0.4 is 0 Å². The molecule has 0 heterocycles. The Bertz CT molecular complexity index is 399. The highest BCUT2D eigenvalue weighted by atomic mass is 32.3. The average Bonchev–Trinajstić information content (AvgIpc) is 2.12. The zero-order chi connectivity index (χ0) is 16.6. The molecule has 0 bridgehead atoms. The van der Waals surface area contributed by atoms with Crippen molar-refractivity contribution in [1.82, 2.24) is 0 Å². The van der Waals surface area contributed by atoms with Gasteiger partial charge in [-0.3, -0.25) is 18.2 Å². The quantitative estimate of drug-likeness (QED) is 0.403. The van der Waals surface area contributed by atoms with E-state index >= 15 is 0 Å². The van der Waals surface area contributed by atoms with E-state index in [-0.39, 0.29) is 0 Å². The van der Waals surface area contributed by atoms with Gasteiger partial charge in [0.2, 0.25) is 0 Å². The molecule has 11 heteroatoms. The zero-order valence-corrected chi connectivity index (χ0v) is 13.4. The molecule has 0 aromatic heterocycles. The lowest BCUT2D eigenvalue weighted by Crippen LogP contribution is -2.45. The van der Waals surface area contributed by atoms with Gasteiger partial charge in [0.1, 0.15) is 0 Å². The third kappa shape index (κ3) is 26.3. The topological polar surface area (TPSA) is 149 Å². The second-order valence-corrected chi connectivity index (χ2v) is 7.10. The molecule has 1 rings (SSSR count). The van der Waals surface area contributed by atoms with Crippen molar-refractivity contribution in [2.24, 2.45) is 0 Å². The summed E-state index contributed by atoms with van der Waals surface area (Å²) in [5.41, 5.74) is 0. The van der Waals surface area contributed by atoms with E-state index in [4.69, 9.17) is 35.0 Å². The van der Waals surface area contributed by atoms with Gasteiger partial charge in [0.15, 0.2) is 0 Å². The monoisotopic (exact) mass is 338 g/mol. The van der Waals surface area contributed by atoms with Gasteiger partial charge in [0.25, 0.3) is 0 Å². The maximum absolute atomic E-state index is 8.74. The van der Waals surface area contributed by atoms with Gasteiger partial charge in [-0.1, -0.05) is 6.42 Å². The molecule has 1 aliphatic carbocycles. The lowest BCUT2D eigenvalue weighted by molar-refractivity contribution is -0.897. The predicted octanol–water partition coefficient (Wildman–Crippen LogP) is 0.720. The second kappa shape index (κ2) is 8.87. The molecule has 0 radical (unpaired) electrons. The highest BCUT2D eigenvalue weighted by Crippen LogP contribution is 2.23. The molecular weight excluding hydrogens is 314 g/mol. The zero-order valence-electron chi connectivity index (χ0n) is 11.8. The fourth-order valence-electron chi connectivity index (χ4n) is 1.86. The molecule has 20 heavy (non-hydrogen) atoms. The maximum Gasteiger partial charge on any atom is 0.394 e. The van der Waals surface area contributed by atoms with Gasteiger partial charge < -0.3 is 4.48 Å². The van der Waals surface area contributed by atoms with Crippen molar-refractivity contribution < 1.29 is 39.5 Å². The minimum Gasteiger partial charge on any atom is -0.328 e. The first-order valence-electron chi connectivity index (χ1n) is 5.81. The number of hydrogen-bond donors (Lipinski definition) is 4. The van der Waals surface area contributed by atoms with Gasteiger partial charge in [0.05, 0.1) is 27.2 Å². The van der Waals surface area contributed by atoms with Crippen molar-refractivity contribution in [2.45, 2.75) is 38.1 Å². The Labute approximate surface area is 120 Å². The van der Waals surface area contributed by atoms with E-state index in [0.717, 1.165) is 6.04 Å². The molecule has 124 valence electrons. The molecule has 1 aliphatic rings. The Hall–Kier alpha value is -0.300. The summed E-state index contributed by atoms with van der Waals surface area (Å²) in [6.07, 6.45) is 7.28. The summed E-state index contributed by atoms with van der Waals surface area (Å²) < 4.78 is 64.3. The molecule has 0 aromatic carbocycles. The highest BCUT2D eigenvalue weighted by molar-refractivity contribution is 7.80. The smallest absolute Gasteiger partial charge is 0.328 e. The molecular formula is C9H24NO8S2+. The molecule has 4 N–H and O–H groups in total. The maximum atomic E-state index is 8.74. The first-order chi connectivity index (χ1) is 8.61. The van der Waals surface area contributed by atoms with Gasteiger partial charge in [-0.15, -0.1) is 0 Å². The Morgan fingerprint density at radius 3 is 1.15 bits per heavy atom. The summed E-state index contributed by atoms with van der Waals surface area (Å²) in [6, 6.07) is 0.939. The molecule has 0 spiro atoms. The second-order valence-electron chi connectivity index (χ2n) is 5.30. The lowest BCUT2D eigenvalue weighted by Gasteiger charge is -2.36. The predicted molar refractivity (Wildman–Crippen MR) is 73.3 cm³/mol. The Morgan fingerprint density at radius 1 is 0.750 bits per heavy atom. The van der Waals surface area contributed by atoms with Crippen LogP contribution >= 0.6 is 0 Å². The van der Waals surface area contributed by atoms with Crippen LogP contribution in [-0.2, 0) is 20.8 Å². The number of quaternary nitrogens is 1. The van der Waals surface area contributed by atoms with Crippen molar-refractivity contribution in [3.05, 3.63) is 0 Å². The van der Waals surface area contributed by atoms with E-state index in [1.807, 2.05) is 0 Å². The van der Waals surface area contributed by atoms with Gasteiger partial charge in [-0.2, -0.15) is 16.8 Å². The van der Waals surface area contributed by atoms with Crippen LogP contribution in [0.2, 0.25) is 0 Å². The summed E-state index contributed by atoms with van der Waals surface area (Å²) in [6.45, 7) is 0. The number of rotatable bonds is 1. The first-order valence-corrected chi connectivity index (χ1v) is 8.61. The highest BCUT2D eigenvalue weighted by Gasteiger charge is 2.24. The summed E-state index contributed by atoms with van der Waals surface area (Å²) in [4.78, 5) is 0. The van der Waals surface area contributed by atoms with Crippen molar-refractivity contribution in [3.63, 3.8) is 0 Å². The molecule has 1 saturated carbocycles. The minimum absolute atomic E-state index is 0.939. The Morgan fingerprint density at radius 2 is 1.00 bits per heavy atom. The molecule has 0 amide bonds. The molecule has 1 fully saturated rings. The van der Waals surface area contributed by atoms with Gasteiger partial charge in [0, 0.05) is 0 Å². The molecule has 9 nitrogen and oxygen atoms in total. The molecule has 0 atom stereocenters. The van der Waals surface area contributed by atoms with E-state index in [1.54, 1.807) is 0 Å². The molecule has 0 aliphatic heterocycles. The summed E-state index contributed by atoms with van der Waals surface area (Å²) >= 11 is 0. The van der Waals surface area contributed by atoms with Crippen LogP contribution in [0.25, 0.3) is 0 Å². The van der Waals surface area contributed by atoms with Gasteiger partial charge in [-0.25, -0.2) is 0 Å². The van der Waals surface area contributed by atoms with Crippen LogP contribution in [-0.4, -0.2) is 66.7 Å². The minimum atomic E-state index is -4.67. The third-order valence-corrected chi connectivity index (χ3v) is 2.67. The Balaban J connectivity index is 0. The third-order valence-electron chi connectivity index (χ3n) is 2.67. The number of hydrogen-bond acceptors (Lipinski definition) is 4. The van der Waals surface area contributed by atoms with Crippen molar-refractivity contribution in [2.75, 3.05) is 21.1 Å². The van der Waals surface area contributed by atoms with Crippen molar-refractivity contribution in [1.29, 1.82) is 0 Å². The van der Waals surface area contributed by atoms with E-state index < -0.39 is 20.8 Å². The van der Waals surface area contributed by atoms with Crippen molar-refractivity contribution in [3.8, 4) is 0 Å². The summed E-state index contributed by atoms with van der Waals surface area (Å²) in [7, 11) is -2.39. The fraction of sp³-hybridized carbons (Fsp3) is 1.00. The van der Waals surface area contributed by atoms with Crippen LogP contribution in [0.1, 0.15) is 32.1 Å². The van der Waals surface area contributed by atoms with Crippen LogP contribution in [0.5, 0.6) is 0 Å². The SMILES string of the molecule is C[N+](C)(C)C1CCCCC1.O=S(=O)(O)O.O=S(=O)(O)O. The molecule has 0 aromatic rings. The standard InChI is InChI=1S/C9H20N.2H2O4S/c1-10(2,3)9-7-5-4-6-8-9;2*1-5(2,3)4/h9H,4-8H2,1-3H3;2*(H2,1,2,3,4)/q+1;;.